The van der Waals surface area contributed by atoms with Crippen molar-refractivity contribution < 1.29 is 29.1 Å². The van der Waals surface area contributed by atoms with Crippen molar-refractivity contribution in [3.8, 4) is 5.75 Å². The molecule has 0 aliphatic carbocycles. The van der Waals surface area contributed by atoms with Crippen LogP contribution in [-0.2, 0) is 14.3 Å². The molecule has 1 aliphatic rings. The van der Waals surface area contributed by atoms with Crippen molar-refractivity contribution in [2.24, 2.45) is 0 Å². The van der Waals surface area contributed by atoms with Crippen molar-refractivity contribution in [2.75, 3.05) is 26.9 Å². The zero-order valence-electron chi connectivity index (χ0n) is 19.4. The van der Waals surface area contributed by atoms with Crippen LogP contribution >= 0.6 is 0 Å². The summed E-state index contributed by atoms with van der Waals surface area (Å²) in [6, 6.07) is 9.73. The molecule has 1 atom stereocenters. The molecule has 9 nitrogen and oxygen atoms in total. The first-order valence-electron chi connectivity index (χ1n) is 11.1. The van der Waals surface area contributed by atoms with Crippen LogP contribution in [0.2, 0.25) is 0 Å². The highest BCUT2D eigenvalue weighted by Crippen LogP contribution is 2.40. The highest BCUT2D eigenvalue weighted by molar-refractivity contribution is 6.46. The molecule has 0 radical (unpaired) electrons. The van der Waals surface area contributed by atoms with Gasteiger partial charge >= 0.3 is 0 Å². The average molecular weight is 469 g/mol. The number of likely N-dealkylation sites (tertiary alicyclic amines) is 1. The number of carbonyl (C=O) groups is 2. The minimum Gasteiger partial charge on any atom is -0.507 e. The lowest BCUT2D eigenvalue weighted by atomic mass is 9.94. The number of hydrogen-bond acceptors (Lipinski definition) is 7. The van der Waals surface area contributed by atoms with Gasteiger partial charge in [0.15, 0.2) is 0 Å². The van der Waals surface area contributed by atoms with Gasteiger partial charge in [-0.25, -0.2) is 0 Å². The Morgan fingerprint density at radius 2 is 1.94 bits per heavy atom. The van der Waals surface area contributed by atoms with E-state index in [0.717, 1.165) is 18.4 Å². The number of amides is 1. The Hall–Kier alpha value is -3.72. The third-order valence-electron chi connectivity index (χ3n) is 5.68. The minimum absolute atomic E-state index is 0.0778. The molecule has 2 aromatic rings. The number of ether oxygens (including phenoxy) is 2. The number of rotatable bonds is 10. The number of aliphatic hydroxyl groups is 1. The Kier molecular flexibility index (Phi) is 8.01. The van der Waals surface area contributed by atoms with Crippen molar-refractivity contribution in [2.45, 2.75) is 32.7 Å². The molecule has 1 fully saturated rings. The molecule has 0 aromatic heterocycles. The maximum absolute atomic E-state index is 13.0. The average Bonchev–Trinajstić information content (AvgIpc) is 3.08. The third-order valence-corrected chi connectivity index (χ3v) is 5.68. The van der Waals surface area contributed by atoms with Gasteiger partial charge in [0.1, 0.15) is 11.5 Å². The van der Waals surface area contributed by atoms with Gasteiger partial charge < -0.3 is 19.5 Å². The van der Waals surface area contributed by atoms with E-state index in [9.17, 15) is 24.8 Å². The van der Waals surface area contributed by atoms with Gasteiger partial charge in [0.05, 0.1) is 29.8 Å². The number of nitro groups is 1. The number of methoxy groups -OCH3 is 1. The maximum atomic E-state index is 13.0. The Bertz CT molecular complexity index is 1130. The minimum atomic E-state index is -0.990. The van der Waals surface area contributed by atoms with Crippen LogP contribution in [0.1, 0.15) is 42.5 Å². The van der Waals surface area contributed by atoms with E-state index in [-0.39, 0.29) is 30.2 Å². The van der Waals surface area contributed by atoms with Crippen LogP contribution in [0.3, 0.4) is 0 Å². The molecule has 1 aliphatic heterocycles. The van der Waals surface area contributed by atoms with Gasteiger partial charge in [-0.1, -0.05) is 25.5 Å². The highest BCUT2D eigenvalue weighted by Gasteiger charge is 2.46. The number of aryl methyl sites for hydroxylation is 1. The second-order valence-electron chi connectivity index (χ2n) is 8.02. The number of benzene rings is 2. The number of nitro benzene ring substituents is 1. The van der Waals surface area contributed by atoms with Crippen LogP contribution in [-0.4, -0.2) is 53.5 Å². The molecule has 0 spiro atoms. The quantitative estimate of drug-likeness (QED) is 0.139. The summed E-state index contributed by atoms with van der Waals surface area (Å²) in [6.45, 7) is 4.69. The van der Waals surface area contributed by atoms with Crippen LogP contribution in [0.15, 0.2) is 48.0 Å². The van der Waals surface area contributed by atoms with Crippen molar-refractivity contribution in [1.29, 1.82) is 0 Å². The number of nitrogens with zero attached hydrogens (tertiary/aromatic N) is 2. The molecule has 0 saturated carbocycles. The van der Waals surface area contributed by atoms with Crippen LogP contribution in [0.4, 0.5) is 5.69 Å². The van der Waals surface area contributed by atoms with E-state index < -0.39 is 22.7 Å². The molecule has 34 heavy (non-hydrogen) atoms. The molecule has 180 valence electrons. The van der Waals surface area contributed by atoms with E-state index in [2.05, 4.69) is 6.92 Å². The standard InChI is InChI=1S/C25H28N2O7/c1-4-5-12-34-20-10-9-18(14-16(20)2)23(28)21-22(17-7-6-8-19(15-17)27(31)32)26(11-13-33-3)25(30)24(21)29/h6-10,14-15,22,28H,4-5,11-13H2,1-3H3/t22-/m1/s1. The Morgan fingerprint density at radius 1 is 1.18 bits per heavy atom. The summed E-state index contributed by atoms with van der Waals surface area (Å²) >= 11 is 0. The molecule has 1 heterocycles. The first-order chi connectivity index (χ1) is 16.3. The van der Waals surface area contributed by atoms with Gasteiger partial charge in [-0.05, 0) is 42.7 Å². The van der Waals surface area contributed by atoms with E-state index >= 15 is 0 Å². The smallest absolute Gasteiger partial charge is 0.295 e. The van der Waals surface area contributed by atoms with Gasteiger partial charge in [0, 0.05) is 31.4 Å². The lowest BCUT2D eigenvalue weighted by Gasteiger charge is -2.25. The molecule has 2 aromatic carbocycles. The maximum Gasteiger partial charge on any atom is 0.295 e. The van der Waals surface area contributed by atoms with Crippen molar-refractivity contribution in [1.82, 2.24) is 4.90 Å². The molecule has 0 bridgehead atoms. The second-order valence-corrected chi connectivity index (χ2v) is 8.02. The lowest BCUT2D eigenvalue weighted by molar-refractivity contribution is -0.384. The lowest BCUT2D eigenvalue weighted by Crippen LogP contribution is -2.32. The van der Waals surface area contributed by atoms with Gasteiger partial charge in [-0.3, -0.25) is 19.7 Å². The normalized spacial score (nSPS) is 17.3. The summed E-state index contributed by atoms with van der Waals surface area (Å²) in [4.78, 5) is 37.9. The number of ketones is 1. The van der Waals surface area contributed by atoms with Crippen molar-refractivity contribution >= 4 is 23.1 Å². The van der Waals surface area contributed by atoms with Gasteiger partial charge in [-0.15, -0.1) is 0 Å². The van der Waals surface area contributed by atoms with Crippen molar-refractivity contribution in [3.05, 3.63) is 74.8 Å². The van der Waals surface area contributed by atoms with Crippen molar-refractivity contribution in [3.63, 3.8) is 0 Å². The fourth-order valence-electron chi connectivity index (χ4n) is 3.90. The van der Waals surface area contributed by atoms with Gasteiger partial charge in [0.2, 0.25) is 0 Å². The van der Waals surface area contributed by atoms with Gasteiger partial charge in [0.25, 0.3) is 17.4 Å². The van der Waals surface area contributed by atoms with E-state index in [1.807, 2.05) is 6.92 Å². The first kappa shape index (κ1) is 24.9. The number of non-ortho nitro benzene ring substituents is 1. The number of hydrogen-bond donors (Lipinski definition) is 1. The van der Waals surface area contributed by atoms with Crippen LogP contribution in [0, 0.1) is 17.0 Å². The third kappa shape index (κ3) is 5.09. The topological polar surface area (TPSA) is 119 Å². The Labute approximate surface area is 197 Å². The predicted molar refractivity (Wildman–Crippen MR) is 126 cm³/mol. The van der Waals surface area contributed by atoms with Crippen LogP contribution in [0.5, 0.6) is 5.75 Å². The van der Waals surface area contributed by atoms with E-state index in [1.165, 1.54) is 30.2 Å². The SMILES string of the molecule is CCCCOc1ccc(C(O)=C2C(=O)C(=O)N(CCOC)[C@@H]2c2cccc([N+](=O)[O-])c2)cc1C. The number of unbranched alkanes of at least 4 members (excludes halogenated alkanes) is 1. The molecule has 9 heteroatoms. The summed E-state index contributed by atoms with van der Waals surface area (Å²) < 4.78 is 10.8. The fraction of sp³-hybridized carbons (Fsp3) is 0.360. The highest BCUT2D eigenvalue weighted by atomic mass is 16.6. The number of carbonyl (C=O) groups excluding carboxylic acids is 2. The summed E-state index contributed by atoms with van der Waals surface area (Å²) in [5.41, 5.74) is 1.16. The van der Waals surface area contributed by atoms with Crippen LogP contribution in [0.25, 0.3) is 5.76 Å². The van der Waals surface area contributed by atoms with Gasteiger partial charge in [-0.2, -0.15) is 0 Å². The summed E-state index contributed by atoms with van der Waals surface area (Å²) in [5, 5.41) is 22.5. The largest absolute Gasteiger partial charge is 0.507 e. The summed E-state index contributed by atoms with van der Waals surface area (Å²) in [5.74, 6) is -1.34. The molecular formula is C25H28N2O7. The molecule has 0 unspecified atom stereocenters. The molecule has 3 rings (SSSR count). The second kappa shape index (κ2) is 10.9. The van der Waals surface area contributed by atoms with Crippen LogP contribution < -0.4 is 4.74 Å². The van der Waals surface area contributed by atoms with E-state index in [0.29, 0.717) is 23.5 Å². The molecule has 1 N–H and O–H groups in total. The Balaban J connectivity index is 2.09. The molecule has 1 amide bonds. The predicted octanol–water partition coefficient (Wildman–Crippen LogP) is 4.15. The fourth-order valence-corrected chi connectivity index (χ4v) is 3.90. The first-order valence-corrected chi connectivity index (χ1v) is 11.1. The van der Waals surface area contributed by atoms with E-state index in [4.69, 9.17) is 9.47 Å². The Morgan fingerprint density at radius 3 is 2.59 bits per heavy atom. The summed E-state index contributed by atoms with van der Waals surface area (Å²) in [6.07, 6.45) is 1.91. The molecule has 1 saturated heterocycles. The summed E-state index contributed by atoms with van der Waals surface area (Å²) in [7, 11) is 1.46. The zero-order chi connectivity index (χ0) is 24.8. The monoisotopic (exact) mass is 468 g/mol. The number of Topliss-reactive ketones (excluding diaryl/α,β-unsaturated/α-hetero) is 1. The zero-order valence-corrected chi connectivity index (χ0v) is 19.4. The van der Waals surface area contributed by atoms with E-state index in [1.54, 1.807) is 24.3 Å². The molecular weight excluding hydrogens is 440 g/mol. The number of aliphatic hydroxyl groups excluding tert-OH is 1.